The third kappa shape index (κ3) is 5.17. The van der Waals surface area contributed by atoms with Crippen LogP contribution in [0.2, 0.25) is 0 Å². The van der Waals surface area contributed by atoms with Crippen molar-refractivity contribution in [1.82, 2.24) is 4.98 Å². The first kappa shape index (κ1) is 16.4. The second-order valence-electron chi connectivity index (χ2n) is 3.73. The van der Waals surface area contributed by atoms with Crippen LogP contribution in [-0.4, -0.2) is 44.6 Å². The van der Waals surface area contributed by atoms with E-state index >= 15 is 0 Å². The topological polar surface area (TPSA) is 70.8 Å². The maximum Gasteiger partial charge on any atom is 0.411 e. The number of rotatable bonds is 7. The molecule has 0 spiro atoms. The molecule has 1 aromatic heterocycles. The molecule has 0 aliphatic rings. The highest BCUT2D eigenvalue weighted by molar-refractivity contribution is 5.87. The summed E-state index contributed by atoms with van der Waals surface area (Å²) in [5.41, 5.74) is 0.227. The first-order chi connectivity index (χ1) is 9.37. The molecule has 0 aliphatic carbocycles. The molecule has 0 saturated carbocycles. The van der Waals surface area contributed by atoms with E-state index in [1.807, 2.05) is 0 Å². The molecule has 114 valence electrons. The lowest BCUT2D eigenvalue weighted by Crippen LogP contribution is -2.18. The molecule has 20 heavy (non-hydrogen) atoms. The van der Waals surface area contributed by atoms with E-state index in [4.69, 9.17) is 9.15 Å². The number of carbonyl (C=O) groups excluding carboxylic acids is 1. The van der Waals surface area contributed by atoms with Crippen LogP contribution in [0, 0.1) is 0 Å². The normalized spacial score (nSPS) is 11.7. The van der Waals surface area contributed by atoms with Gasteiger partial charge in [-0.05, 0) is 0 Å². The predicted molar refractivity (Wildman–Crippen MR) is 59.1 cm³/mol. The van der Waals surface area contributed by atoms with E-state index in [0.29, 0.717) is 0 Å². The number of methoxy groups -OCH3 is 2. The zero-order valence-corrected chi connectivity index (χ0v) is 11.0. The highest BCUT2D eigenvalue weighted by Crippen LogP contribution is 2.16. The number of carbonyl (C=O) groups is 1. The van der Waals surface area contributed by atoms with Crippen molar-refractivity contribution in [2.24, 2.45) is 0 Å². The number of alkyl halides is 3. The zero-order chi connectivity index (χ0) is 15.2. The number of ether oxygens (including phenoxy) is 3. The maximum atomic E-state index is 11.9. The Bertz CT molecular complexity index is 444. The summed E-state index contributed by atoms with van der Waals surface area (Å²) < 4.78 is 54.5. The number of halogens is 3. The molecule has 0 aromatic carbocycles. The first-order valence-electron chi connectivity index (χ1n) is 5.57. The number of hydrogen-bond acceptors (Lipinski definition) is 6. The third-order valence-corrected chi connectivity index (χ3v) is 2.12. The van der Waals surface area contributed by atoms with E-state index in [9.17, 15) is 18.0 Å². The Hall–Kier alpha value is -1.61. The monoisotopic (exact) mass is 297 g/mol. The Morgan fingerprint density at radius 1 is 1.35 bits per heavy atom. The van der Waals surface area contributed by atoms with Crippen molar-refractivity contribution in [2.75, 3.05) is 27.4 Å². The molecule has 0 saturated heterocycles. The highest BCUT2D eigenvalue weighted by atomic mass is 19.4. The minimum Gasteiger partial charge on any atom is -0.463 e. The smallest absolute Gasteiger partial charge is 0.411 e. The lowest BCUT2D eigenvalue weighted by Gasteiger charge is -2.05. The Kier molecular flexibility index (Phi) is 5.96. The van der Waals surface area contributed by atoms with Crippen LogP contribution < -0.4 is 0 Å². The van der Waals surface area contributed by atoms with Crippen molar-refractivity contribution in [3.63, 3.8) is 0 Å². The van der Waals surface area contributed by atoms with E-state index in [0.717, 1.165) is 0 Å². The second kappa shape index (κ2) is 7.25. The third-order valence-electron chi connectivity index (χ3n) is 2.12. The van der Waals surface area contributed by atoms with Crippen LogP contribution in [-0.2, 0) is 27.2 Å². The van der Waals surface area contributed by atoms with Gasteiger partial charge < -0.3 is 18.6 Å². The fraction of sp³-hybridized carbons (Fsp3) is 0.636. The Morgan fingerprint density at radius 2 is 2.05 bits per heavy atom. The van der Waals surface area contributed by atoms with Crippen molar-refractivity contribution < 1.29 is 36.6 Å². The number of hydrogen-bond donors (Lipinski definition) is 0. The second-order valence-corrected chi connectivity index (χ2v) is 3.73. The summed E-state index contributed by atoms with van der Waals surface area (Å²) in [6, 6.07) is 0. The predicted octanol–water partition coefficient (Wildman–Crippen LogP) is 1.73. The van der Waals surface area contributed by atoms with Crippen molar-refractivity contribution >= 4 is 5.97 Å². The van der Waals surface area contributed by atoms with Crippen molar-refractivity contribution in [2.45, 2.75) is 19.2 Å². The first-order valence-corrected chi connectivity index (χ1v) is 5.57. The standard InChI is InChI=1S/C11H14F3NO5/c1-17-5-7-9(10(16)18-2)20-8(15-7)3-4-19-6-11(12,13)14/h3-6H2,1-2H3. The van der Waals surface area contributed by atoms with Crippen LogP contribution in [0.25, 0.3) is 0 Å². The lowest BCUT2D eigenvalue weighted by molar-refractivity contribution is -0.173. The molecule has 0 amide bonds. The summed E-state index contributed by atoms with van der Waals surface area (Å²) in [7, 11) is 2.58. The number of nitrogens with zero attached hydrogens (tertiary/aromatic N) is 1. The maximum absolute atomic E-state index is 11.9. The quantitative estimate of drug-likeness (QED) is 0.564. The summed E-state index contributed by atoms with van der Waals surface area (Å²) in [6.07, 6.45) is -4.38. The number of oxazole rings is 1. The van der Waals surface area contributed by atoms with E-state index in [1.165, 1.54) is 14.2 Å². The molecule has 0 fully saturated rings. The Labute approximate surface area is 112 Å². The van der Waals surface area contributed by atoms with Gasteiger partial charge in [0.1, 0.15) is 12.3 Å². The van der Waals surface area contributed by atoms with Gasteiger partial charge in [0.2, 0.25) is 5.76 Å². The van der Waals surface area contributed by atoms with E-state index in [2.05, 4.69) is 14.5 Å². The highest BCUT2D eigenvalue weighted by Gasteiger charge is 2.27. The number of esters is 1. The van der Waals surface area contributed by atoms with Crippen LogP contribution in [0.5, 0.6) is 0 Å². The molecule has 1 rings (SSSR count). The zero-order valence-electron chi connectivity index (χ0n) is 11.0. The number of aromatic nitrogens is 1. The van der Waals surface area contributed by atoms with Crippen molar-refractivity contribution in [1.29, 1.82) is 0 Å². The average molecular weight is 297 g/mol. The molecular weight excluding hydrogens is 283 g/mol. The lowest BCUT2D eigenvalue weighted by atomic mass is 10.3. The summed E-state index contributed by atoms with van der Waals surface area (Å²) in [6.45, 7) is -1.55. The molecular formula is C11H14F3NO5. The fourth-order valence-electron chi connectivity index (χ4n) is 1.34. The minimum atomic E-state index is -4.38. The van der Waals surface area contributed by atoms with Crippen molar-refractivity contribution in [3.05, 3.63) is 17.3 Å². The largest absolute Gasteiger partial charge is 0.463 e. The summed E-state index contributed by atoms with van der Waals surface area (Å²) in [5.74, 6) is -0.771. The van der Waals surface area contributed by atoms with Crippen LogP contribution >= 0.6 is 0 Å². The van der Waals surface area contributed by atoms with Crippen LogP contribution in [0.1, 0.15) is 22.1 Å². The Balaban J connectivity index is 2.60. The summed E-state index contributed by atoms with van der Waals surface area (Å²) in [4.78, 5) is 15.3. The summed E-state index contributed by atoms with van der Waals surface area (Å²) in [5, 5.41) is 0. The average Bonchev–Trinajstić information content (AvgIpc) is 2.76. The van der Waals surface area contributed by atoms with Crippen molar-refractivity contribution in [3.8, 4) is 0 Å². The van der Waals surface area contributed by atoms with Gasteiger partial charge in [-0.1, -0.05) is 0 Å². The van der Waals surface area contributed by atoms with Gasteiger partial charge >= 0.3 is 12.1 Å². The molecule has 0 unspecified atom stereocenters. The van der Waals surface area contributed by atoms with Gasteiger partial charge in [-0.3, -0.25) is 0 Å². The van der Waals surface area contributed by atoms with E-state index in [1.54, 1.807) is 0 Å². The van der Waals surface area contributed by atoms with Crippen LogP contribution in [0.3, 0.4) is 0 Å². The molecule has 0 N–H and O–H groups in total. The van der Waals surface area contributed by atoms with Gasteiger partial charge in [0.15, 0.2) is 5.89 Å². The van der Waals surface area contributed by atoms with Gasteiger partial charge in [0.05, 0.1) is 20.3 Å². The van der Waals surface area contributed by atoms with Gasteiger partial charge in [-0.2, -0.15) is 13.2 Å². The fourth-order valence-corrected chi connectivity index (χ4v) is 1.34. The van der Waals surface area contributed by atoms with Gasteiger partial charge in [-0.15, -0.1) is 0 Å². The van der Waals surface area contributed by atoms with E-state index in [-0.39, 0.29) is 37.0 Å². The van der Waals surface area contributed by atoms with Crippen LogP contribution in [0.4, 0.5) is 13.2 Å². The molecule has 0 radical (unpaired) electrons. The van der Waals surface area contributed by atoms with Gasteiger partial charge in [-0.25, -0.2) is 9.78 Å². The van der Waals surface area contributed by atoms with E-state index < -0.39 is 18.8 Å². The van der Waals surface area contributed by atoms with Gasteiger partial charge in [0, 0.05) is 13.5 Å². The Morgan fingerprint density at radius 3 is 2.60 bits per heavy atom. The molecule has 1 aromatic rings. The molecule has 6 nitrogen and oxygen atoms in total. The van der Waals surface area contributed by atoms with Crippen LogP contribution in [0.15, 0.2) is 4.42 Å². The SMILES string of the molecule is COCc1nc(CCOCC(F)(F)F)oc1C(=O)OC. The molecule has 0 atom stereocenters. The molecule has 0 bridgehead atoms. The van der Waals surface area contributed by atoms with Gasteiger partial charge in [0.25, 0.3) is 0 Å². The summed E-state index contributed by atoms with van der Waals surface area (Å²) >= 11 is 0. The minimum absolute atomic E-state index is 0.00376. The molecule has 0 aliphatic heterocycles. The molecule has 9 heteroatoms. The molecule has 1 heterocycles.